The van der Waals surface area contributed by atoms with Crippen LogP contribution in [-0.4, -0.2) is 353 Å². The minimum absolute atomic E-state index is 0.0153. The number of amides is 7. The van der Waals surface area contributed by atoms with Gasteiger partial charge in [0, 0.05) is 209 Å². The fourth-order valence-electron chi connectivity index (χ4n) is 10.2. The largest absolute Gasteiger partial charge is 0.481 e. The summed E-state index contributed by atoms with van der Waals surface area (Å²) in [4.78, 5) is 193. The highest BCUT2D eigenvalue weighted by Crippen LogP contribution is 2.09. The summed E-state index contributed by atoms with van der Waals surface area (Å²) in [6, 6.07) is 0. The van der Waals surface area contributed by atoms with Crippen LogP contribution in [0.25, 0.3) is 0 Å². The van der Waals surface area contributed by atoms with Crippen LogP contribution >= 0.6 is 0 Å². The van der Waals surface area contributed by atoms with E-state index in [0.717, 1.165) is 12.8 Å². The number of hydrogen-bond acceptors (Lipinski definition) is 23. The van der Waals surface area contributed by atoms with E-state index in [9.17, 15) is 71.9 Å². The summed E-state index contributed by atoms with van der Waals surface area (Å²) >= 11 is 0. The van der Waals surface area contributed by atoms with Gasteiger partial charge < -0.3 is 117 Å². The van der Waals surface area contributed by atoms with Gasteiger partial charge >= 0.3 is 53.8 Å². The molecule has 38 nitrogen and oxygen atoms in total. The molecule has 0 spiro atoms. The van der Waals surface area contributed by atoms with Crippen LogP contribution in [0, 0.1) is 0 Å². The number of nitrogens with one attached hydrogen (secondary N) is 7. The molecule has 0 aromatic heterocycles. The summed E-state index contributed by atoms with van der Waals surface area (Å²) in [6.07, 6.45) is 1.62. The molecule has 15 N–H and O–H groups in total. The van der Waals surface area contributed by atoms with Crippen LogP contribution < -0.4 is 37.2 Å². The molecular formula is C67H120N14O24. The Labute approximate surface area is 614 Å². The van der Waals surface area contributed by atoms with E-state index >= 15 is 0 Å². The second-order valence-electron chi connectivity index (χ2n) is 26.2. The number of carbonyl (C=O) groups is 15. The van der Waals surface area contributed by atoms with E-state index in [-0.39, 0.29) is 289 Å². The molecule has 0 saturated heterocycles. The summed E-state index contributed by atoms with van der Waals surface area (Å²) < 4.78 is 5.31. The third-order valence-corrected chi connectivity index (χ3v) is 16.1. The molecule has 602 valence electrons. The standard InChI is InChI=1S/C67H120N14O24/c1-67(2,3)105-66(104)74-25-6-4-5-8-31-75(34-11-54(84)70-27-48-78(37-14-56(86)72-29-50-80(43-20-62(96)97)44-21-63(98)99)38-15-57(87)73-30-51-81(45-22-64(100)101)46-23-65(102)103)33-10-53(83)69-26-47-77(36-13-55(85)71-28-49-79(41-18-60(92)93)42-19-61(94)95)35-12-52(82)68-24-7-9-32-76(39-16-58(88)89)40-17-59(90)91/h4-51H2,1-3H3,(H,68,82)(H,69,83)(H,70,84)(H,71,85)(H,72,86)(H,73,87)(H,74,104)(H,88,89)(H,90,91)(H,92,93)(H,94,95)(H,96,97)(H,98,99)(H,100,101)(H,102,103). The molecule has 0 heterocycles. The smallest absolute Gasteiger partial charge is 0.407 e. The van der Waals surface area contributed by atoms with Crippen molar-refractivity contribution in [2.75, 3.05) is 183 Å². The summed E-state index contributed by atoms with van der Waals surface area (Å²) in [7, 11) is 0. The number of ether oxygens (including phenoxy) is 1. The number of hydrogen-bond donors (Lipinski definition) is 15. The summed E-state index contributed by atoms with van der Waals surface area (Å²) in [5.74, 6) is -10.5. The third kappa shape index (κ3) is 63.7. The molecule has 0 aromatic rings. The van der Waals surface area contributed by atoms with Gasteiger partial charge in [-0.05, 0) is 59.5 Å². The van der Waals surface area contributed by atoms with E-state index in [1.54, 1.807) is 45.3 Å². The minimum Gasteiger partial charge on any atom is -0.481 e. The maximum absolute atomic E-state index is 13.5. The number of alkyl carbamates (subject to hydrolysis) is 1. The van der Waals surface area contributed by atoms with E-state index < -0.39 is 59.4 Å². The summed E-state index contributed by atoms with van der Waals surface area (Å²) in [5.41, 5.74) is -0.660. The first-order valence-corrected chi connectivity index (χ1v) is 36.1. The Morgan fingerprint density at radius 3 is 0.610 bits per heavy atom. The molecule has 0 rings (SSSR count). The molecule has 105 heavy (non-hydrogen) atoms. The van der Waals surface area contributed by atoms with E-state index in [1.807, 2.05) is 9.80 Å². The van der Waals surface area contributed by atoms with Crippen molar-refractivity contribution in [2.24, 2.45) is 0 Å². The molecule has 0 aliphatic heterocycles. The van der Waals surface area contributed by atoms with Gasteiger partial charge in [-0.25, -0.2) is 4.79 Å². The van der Waals surface area contributed by atoms with Crippen molar-refractivity contribution in [3.8, 4) is 0 Å². The molecule has 0 fully saturated rings. The van der Waals surface area contributed by atoms with Gasteiger partial charge in [-0.15, -0.1) is 0 Å². The van der Waals surface area contributed by atoms with Crippen molar-refractivity contribution >= 4 is 89.3 Å². The van der Waals surface area contributed by atoms with Gasteiger partial charge in [0.15, 0.2) is 0 Å². The first kappa shape index (κ1) is 96.6. The SMILES string of the molecule is CC(C)(C)OC(=O)NCCCCCCN(CCC(=O)NCCN(CCC(=O)NCCCCN(CCC(=O)O)CCC(=O)O)CCC(=O)NCCN(CCC(=O)O)CCC(=O)O)CCC(=O)NCCN(CCC(=O)NCCN(CCC(=O)O)CCC(=O)O)CCC(=O)NCCN(CCC(=O)O)CCC(=O)O. The molecular weight excluding hydrogens is 1380 g/mol. The van der Waals surface area contributed by atoms with Crippen LogP contribution in [0.3, 0.4) is 0 Å². The van der Waals surface area contributed by atoms with Gasteiger partial charge in [0.05, 0.1) is 51.4 Å². The zero-order chi connectivity index (χ0) is 78.8. The fraction of sp³-hybridized carbons (Fsp3) is 0.776. The van der Waals surface area contributed by atoms with Crippen LogP contribution in [0.15, 0.2) is 0 Å². The fourth-order valence-corrected chi connectivity index (χ4v) is 10.2. The molecule has 0 aromatic carbocycles. The van der Waals surface area contributed by atoms with E-state index in [1.165, 1.54) is 0 Å². The maximum Gasteiger partial charge on any atom is 0.407 e. The van der Waals surface area contributed by atoms with Crippen LogP contribution in [0.1, 0.15) is 149 Å². The van der Waals surface area contributed by atoms with Crippen molar-refractivity contribution in [3.63, 3.8) is 0 Å². The highest BCUT2D eigenvalue weighted by molar-refractivity contribution is 5.79. The second kappa shape index (κ2) is 59.8. The predicted octanol–water partition coefficient (Wildman–Crippen LogP) is -1.20. The van der Waals surface area contributed by atoms with Crippen LogP contribution in [0.2, 0.25) is 0 Å². The first-order chi connectivity index (χ1) is 49.7. The molecule has 0 unspecified atom stereocenters. The molecule has 0 radical (unpaired) electrons. The van der Waals surface area contributed by atoms with Crippen molar-refractivity contribution in [1.29, 1.82) is 0 Å². The Hall–Kier alpha value is -8.43. The number of carbonyl (C=O) groups excluding carboxylic acids is 7. The Bertz CT molecular complexity index is 2500. The monoisotopic (exact) mass is 1500 g/mol. The Morgan fingerprint density at radius 1 is 0.219 bits per heavy atom. The molecule has 0 bridgehead atoms. The van der Waals surface area contributed by atoms with E-state index in [4.69, 9.17) is 45.6 Å². The quantitative estimate of drug-likeness (QED) is 0.0318. The number of unbranched alkanes of at least 4 members (excludes halogenated alkanes) is 4. The van der Waals surface area contributed by atoms with Crippen LogP contribution in [0.4, 0.5) is 4.79 Å². The Kier molecular flexibility index (Phi) is 55.0. The summed E-state index contributed by atoms with van der Waals surface area (Å²) in [6.45, 7) is 10.2. The predicted molar refractivity (Wildman–Crippen MR) is 381 cm³/mol. The lowest BCUT2D eigenvalue weighted by Gasteiger charge is -2.24. The third-order valence-electron chi connectivity index (χ3n) is 16.1. The van der Waals surface area contributed by atoms with Crippen LogP contribution in [-0.2, 0) is 71.9 Å². The lowest BCUT2D eigenvalue weighted by molar-refractivity contribution is -0.139. The molecule has 38 heteroatoms. The Balaban J connectivity index is 6.21. The zero-order valence-corrected chi connectivity index (χ0v) is 61.7. The maximum atomic E-state index is 13.5. The summed E-state index contributed by atoms with van der Waals surface area (Å²) in [5, 5.41) is 92.9. The van der Waals surface area contributed by atoms with E-state index in [2.05, 4.69) is 37.2 Å². The number of carboxylic acid groups (broad SMARTS) is 8. The average molecular weight is 1510 g/mol. The van der Waals surface area contributed by atoms with Crippen molar-refractivity contribution < 1.29 is 118 Å². The van der Waals surface area contributed by atoms with Gasteiger partial charge in [0.2, 0.25) is 35.4 Å². The number of rotatable bonds is 69. The Morgan fingerprint density at radius 2 is 0.390 bits per heavy atom. The van der Waals surface area contributed by atoms with Crippen molar-refractivity contribution in [2.45, 2.75) is 155 Å². The number of aliphatic carboxylic acids is 8. The van der Waals surface area contributed by atoms with Crippen LogP contribution in [0.5, 0.6) is 0 Å². The van der Waals surface area contributed by atoms with Crippen molar-refractivity contribution in [1.82, 2.24) is 71.5 Å². The number of carboxylic acids is 8. The molecule has 0 saturated carbocycles. The molecule has 0 aliphatic carbocycles. The normalized spacial score (nSPS) is 11.4. The molecule has 7 amide bonds. The van der Waals surface area contributed by atoms with Gasteiger partial charge in [0.25, 0.3) is 0 Å². The van der Waals surface area contributed by atoms with Gasteiger partial charge in [0.1, 0.15) is 5.60 Å². The lowest BCUT2D eigenvalue weighted by atomic mass is 10.1. The molecule has 0 atom stereocenters. The lowest BCUT2D eigenvalue weighted by Crippen LogP contribution is -2.42. The van der Waals surface area contributed by atoms with Gasteiger partial charge in [-0.3, -0.25) is 67.1 Å². The average Bonchev–Trinajstić information content (AvgIpc) is 1.00. The second-order valence-corrected chi connectivity index (χ2v) is 26.2. The topological polar surface area (TPSA) is 534 Å². The van der Waals surface area contributed by atoms with E-state index in [0.29, 0.717) is 45.3 Å². The minimum atomic E-state index is -1.07. The number of nitrogens with zero attached hydrogens (tertiary/aromatic N) is 7. The van der Waals surface area contributed by atoms with Crippen molar-refractivity contribution in [3.05, 3.63) is 0 Å². The zero-order valence-electron chi connectivity index (χ0n) is 61.7. The first-order valence-electron chi connectivity index (χ1n) is 36.1. The van der Waals surface area contributed by atoms with Gasteiger partial charge in [-0.1, -0.05) is 12.8 Å². The molecule has 0 aliphatic rings. The highest BCUT2D eigenvalue weighted by atomic mass is 16.6. The highest BCUT2D eigenvalue weighted by Gasteiger charge is 2.21. The van der Waals surface area contributed by atoms with Gasteiger partial charge in [-0.2, -0.15) is 0 Å².